The van der Waals surface area contributed by atoms with Crippen molar-refractivity contribution in [2.45, 2.75) is 38.3 Å². The van der Waals surface area contributed by atoms with Crippen LogP contribution in [-0.4, -0.2) is 48.4 Å². The summed E-state index contributed by atoms with van der Waals surface area (Å²) in [5.74, 6) is -0.469. The molecule has 0 spiro atoms. The lowest BCUT2D eigenvalue weighted by Crippen LogP contribution is -2.60. The summed E-state index contributed by atoms with van der Waals surface area (Å²) in [6.45, 7) is 3.47. The Hall–Kier alpha value is -1.95. The van der Waals surface area contributed by atoms with E-state index in [1.165, 1.54) is 12.1 Å². The molecule has 2 N–H and O–H groups in total. The SMILES string of the molecule is Cc1cc(F)ccc1CC(=O)N1CCNC[C@@H]1C(=O)NC1CC1. The highest BCUT2D eigenvalue weighted by Crippen LogP contribution is 2.20. The van der Waals surface area contributed by atoms with Gasteiger partial charge >= 0.3 is 0 Å². The number of amides is 2. The first kappa shape index (κ1) is 15.9. The highest BCUT2D eigenvalue weighted by molar-refractivity contribution is 5.89. The molecule has 1 saturated carbocycles. The van der Waals surface area contributed by atoms with Crippen LogP contribution in [0.15, 0.2) is 18.2 Å². The molecular formula is C17H22FN3O2. The van der Waals surface area contributed by atoms with Gasteiger partial charge in [-0.05, 0) is 43.0 Å². The molecule has 2 fully saturated rings. The molecule has 6 heteroatoms. The second kappa shape index (κ2) is 6.66. The topological polar surface area (TPSA) is 61.4 Å². The monoisotopic (exact) mass is 319 g/mol. The Bertz CT molecular complexity index is 616. The number of aryl methyl sites for hydroxylation is 1. The molecule has 1 aliphatic heterocycles. The van der Waals surface area contributed by atoms with Crippen LogP contribution in [0.1, 0.15) is 24.0 Å². The van der Waals surface area contributed by atoms with Crippen molar-refractivity contribution in [3.8, 4) is 0 Å². The van der Waals surface area contributed by atoms with Gasteiger partial charge in [0.05, 0.1) is 6.42 Å². The maximum Gasteiger partial charge on any atom is 0.244 e. The van der Waals surface area contributed by atoms with Crippen LogP contribution in [0.3, 0.4) is 0 Å². The lowest BCUT2D eigenvalue weighted by molar-refractivity contribution is -0.141. The molecule has 0 radical (unpaired) electrons. The lowest BCUT2D eigenvalue weighted by Gasteiger charge is -2.35. The molecule has 0 aromatic heterocycles. The van der Waals surface area contributed by atoms with E-state index >= 15 is 0 Å². The Kier molecular flexibility index (Phi) is 4.61. The summed E-state index contributed by atoms with van der Waals surface area (Å²) in [5, 5.41) is 6.14. The number of nitrogens with zero attached hydrogens (tertiary/aromatic N) is 1. The summed E-state index contributed by atoms with van der Waals surface area (Å²) in [5.41, 5.74) is 1.56. The maximum atomic E-state index is 13.2. The molecule has 2 amide bonds. The fourth-order valence-electron chi connectivity index (χ4n) is 2.88. The Morgan fingerprint density at radius 3 is 2.87 bits per heavy atom. The van der Waals surface area contributed by atoms with Gasteiger partial charge in [0.1, 0.15) is 11.9 Å². The smallest absolute Gasteiger partial charge is 0.244 e. The predicted molar refractivity (Wildman–Crippen MR) is 84.4 cm³/mol. The molecular weight excluding hydrogens is 297 g/mol. The van der Waals surface area contributed by atoms with Crippen LogP contribution in [-0.2, 0) is 16.0 Å². The largest absolute Gasteiger partial charge is 0.352 e. The molecule has 3 rings (SSSR count). The van der Waals surface area contributed by atoms with Gasteiger partial charge in [0, 0.05) is 25.7 Å². The summed E-state index contributed by atoms with van der Waals surface area (Å²) in [6.07, 6.45) is 2.24. The average molecular weight is 319 g/mol. The quantitative estimate of drug-likeness (QED) is 0.861. The average Bonchev–Trinajstić information content (AvgIpc) is 3.34. The molecule has 1 saturated heterocycles. The molecule has 1 aromatic carbocycles. The number of carbonyl (C=O) groups is 2. The van der Waals surface area contributed by atoms with E-state index in [1.54, 1.807) is 17.9 Å². The van der Waals surface area contributed by atoms with Gasteiger partial charge in [-0.15, -0.1) is 0 Å². The van der Waals surface area contributed by atoms with Crippen molar-refractivity contribution in [3.63, 3.8) is 0 Å². The Balaban J connectivity index is 1.68. The Morgan fingerprint density at radius 2 is 2.17 bits per heavy atom. The lowest BCUT2D eigenvalue weighted by atomic mass is 10.0. The minimum Gasteiger partial charge on any atom is -0.352 e. The van der Waals surface area contributed by atoms with Crippen LogP contribution in [0.25, 0.3) is 0 Å². The van der Waals surface area contributed by atoms with Gasteiger partial charge in [-0.2, -0.15) is 0 Å². The van der Waals surface area contributed by atoms with Crippen molar-refractivity contribution in [2.75, 3.05) is 19.6 Å². The van der Waals surface area contributed by atoms with E-state index in [0.717, 1.165) is 24.0 Å². The van der Waals surface area contributed by atoms with Crippen LogP contribution in [0.4, 0.5) is 4.39 Å². The summed E-state index contributed by atoms with van der Waals surface area (Å²) in [4.78, 5) is 26.6. The van der Waals surface area contributed by atoms with Gasteiger partial charge in [0.2, 0.25) is 11.8 Å². The second-order valence-electron chi connectivity index (χ2n) is 6.34. The van der Waals surface area contributed by atoms with E-state index in [2.05, 4.69) is 10.6 Å². The molecule has 1 atom stereocenters. The van der Waals surface area contributed by atoms with Crippen molar-refractivity contribution >= 4 is 11.8 Å². The highest BCUT2D eigenvalue weighted by Gasteiger charge is 2.34. The van der Waals surface area contributed by atoms with Gasteiger partial charge in [0.15, 0.2) is 0 Å². The number of nitrogens with one attached hydrogen (secondary N) is 2. The Morgan fingerprint density at radius 1 is 1.39 bits per heavy atom. The Labute approximate surface area is 135 Å². The summed E-state index contributed by atoms with van der Waals surface area (Å²) >= 11 is 0. The summed E-state index contributed by atoms with van der Waals surface area (Å²) in [7, 11) is 0. The van der Waals surface area contributed by atoms with Crippen molar-refractivity contribution < 1.29 is 14.0 Å². The molecule has 1 aromatic rings. The van der Waals surface area contributed by atoms with Gasteiger partial charge in [-0.3, -0.25) is 9.59 Å². The predicted octanol–water partition coefficient (Wildman–Crippen LogP) is 0.756. The zero-order chi connectivity index (χ0) is 16.4. The van der Waals surface area contributed by atoms with Crippen molar-refractivity contribution in [2.24, 2.45) is 0 Å². The third-order valence-corrected chi connectivity index (χ3v) is 4.44. The van der Waals surface area contributed by atoms with Crippen molar-refractivity contribution in [1.29, 1.82) is 0 Å². The third-order valence-electron chi connectivity index (χ3n) is 4.44. The molecule has 124 valence electrons. The maximum absolute atomic E-state index is 13.2. The number of rotatable bonds is 4. The fraction of sp³-hybridized carbons (Fsp3) is 0.529. The molecule has 0 unspecified atom stereocenters. The first-order valence-corrected chi connectivity index (χ1v) is 8.10. The number of carbonyl (C=O) groups excluding carboxylic acids is 2. The van der Waals surface area contributed by atoms with E-state index in [4.69, 9.17) is 0 Å². The van der Waals surface area contributed by atoms with E-state index < -0.39 is 6.04 Å². The molecule has 2 aliphatic rings. The standard InChI is InChI=1S/C17H22FN3O2/c1-11-8-13(18)3-2-12(11)9-16(22)21-7-6-19-10-15(21)17(23)20-14-4-5-14/h2-3,8,14-15,19H,4-7,9-10H2,1H3,(H,20,23)/t15-/m1/s1. The fourth-order valence-corrected chi connectivity index (χ4v) is 2.88. The zero-order valence-corrected chi connectivity index (χ0v) is 13.3. The first-order chi connectivity index (χ1) is 11.0. The normalized spacial score (nSPS) is 21.1. The van der Waals surface area contributed by atoms with Crippen LogP contribution >= 0.6 is 0 Å². The molecule has 0 bridgehead atoms. The molecule has 1 aliphatic carbocycles. The minimum atomic E-state index is -0.461. The van der Waals surface area contributed by atoms with Gasteiger partial charge < -0.3 is 15.5 Å². The second-order valence-corrected chi connectivity index (χ2v) is 6.34. The van der Waals surface area contributed by atoms with Crippen molar-refractivity contribution in [3.05, 3.63) is 35.1 Å². The van der Waals surface area contributed by atoms with E-state index in [1.807, 2.05) is 0 Å². The van der Waals surface area contributed by atoms with Gasteiger partial charge in [-0.1, -0.05) is 6.07 Å². The van der Waals surface area contributed by atoms with Crippen LogP contribution in [0.5, 0.6) is 0 Å². The van der Waals surface area contributed by atoms with Crippen LogP contribution in [0.2, 0.25) is 0 Å². The number of benzene rings is 1. The van der Waals surface area contributed by atoms with Gasteiger partial charge in [0.25, 0.3) is 0 Å². The van der Waals surface area contributed by atoms with Crippen LogP contribution < -0.4 is 10.6 Å². The summed E-state index contributed by atoms with van der Waals surface area (Å²) < 4.78 is 13.2. The van der Waals surface area contributed by atoms with E-state index in [9.17, 15) is 14.0 Å². The van der Waals surface area contributed by atoms with Crippen LogP contribution in [0, 0.1) is 12.7 Å². The number of halogens is 1. The third kappa shape index (κ3) is 3.88. The summed E-state index contributed by atoms with van der Waals surface area (Å²) in [6, 6.07) is 4.25. The molecule has 5 nitrogen and oxygen atoms in total. The van der Waals surface area contributed by atoms with E-state index in [0.29, 0.717) is 19.6 Å². The van der Waals surface area contributed by atoms with E-state index in [-0.39, 0.29) is 30.1 Å². The number of hydrogen-bond donors (Lipinski definition) is 2. The van der Waals surface area contributed by atoms with Gasteiger partial charge in [-0.25, -0.2) is 4.39 Å². The first-order valence-electron chi connectivity index (χ1n) is 8.10. The minimum absolute atomic E-state index is 0.0797. The number of hydrogen-bond acceptors (Lipinski definition) is 3. The highest BCUT2D eigenvalue weighted by atomic mass is 19.1. The zero-order valence-electron chi connectivity index (χ0n) is 13.3. The number of piperazine rings is 1. The molecule has 1 heterocycles. The van der Waals surface area contributed by atoms with Crippen molar-refractivity contribution in [1.82, 2.24) is 15.5 Å². The molecule has 23 heavy (non-hydrogen) atoms.